The lowest BCUT2D eigenvalue weighted by atomic mass is 9.99. The third kappa shape index (κ3) is 10.8. The van der Waals surface area contributed by atoms with E-state index in [0.717, 1.165) is 33.9 Å². The van der Waals surface area contributed by atoms with Gasteiger partial charge in [-0.15, -0.1) is 0 Å². The van der Waals surface area contributed by atoms with Crippen molar-refractivity contribution in [2.45, 2.75) is 40.0 Å². The predicted molar refractivity (Wildman–Crippen MR) is 264 cm³/mol. The topological polar surface area (TPSA) is 118 Å². The summed E-state index contributed by atoms with van der Waals surface area (Å²) in [6.07, 6.45) is -0.799. The number of esters is 4. The van der Waals surface area contributed by atoms with E-state index < -0.39 is 36.2 Å². The molecule has 6 aromatic rings. The molecule has 2 heterocycles. The highest BCUT2D eigenvalue weighted by molar-refractivity contribution is 6.06. The van der Waals surface area contributed by atoms with Crippen LogP contribution in [0.5, 0.6) is 0 Å². The van der Waals surface area contributed by atoms with Crippen molar-refractivity contribution in [3.05, 3.63) is 216 Å². The van der Waals surface area contributed by atoms with Crippen LogP contribution in [-0.2, 0) is 38.1 Å². The average Bonchev–Trinajstić information content (AvgIpc) is 3.39. The Morgan fingerprint density at radius 3 is 0.897 bits per heavy atom. The fourth-order valence-corrected chi connectivity index (χ4v) is 8.41. The van der Waals surface area contributed by atoms with Gasteiger partial charge in [0.1, 0.15) is 23.7 Å². The number of hydrogen-bond acceptors (Lipinski definition) is 12. The van der Waals surface area contributed by atoms with E-state index in [2.05, 4.69) is 9.80 Å². The van der Waals surface area contributed by atoms with Gasteiger partial charge in [-0.2, -0.15) is 0 Å². The molecule has 2 atom stereocenters. The minimum atomic E-state index is -0.553. The van der Waals surface area contributed by atoms with Crippen LogP contribution >= 0.6 is 0 Å². The second-order valence-electron chi connectivity index (χ2n) is 15.4. The third-order valence-corrected chi connectivity index (χ3v) is 11.2. The number of carbonyl (C=O) groups excluding carboxylic acids is 4. The number of hydrogen-bond donors (Lipinski definition) is 0. The Bertz CT molecular complexity index is 2480. The van der Waals surface area contributed by atoms with Crippen molar-refractivity contribution in [2.24, 2.45) is 0 Å². The molecular weight excluding hydrogens is 857 g/mol. The van der Waals surface area contributed by atoms with E-state index in [1.807, 2.05) is 192 Å². The zero-order chi connectivity index (χ0) is 47.8. The zero-order valence-corrected chi connectivity index (χ0v) is 38.8. The van der Waals surface area contributed by atoms with E-state index in [-0.39, 0.29) is 62.1 Å². The van der Waals surface area contributed by atoms with E-state index in [1.54, 1.807) is 27.7 Å². The van der Waals surface area contributed by atoms with Gasteiger partial charge in [0.15, 0.2) is 0 Å². The average molecular weight is 913 g/mol. The fourth-order valence-electron chi connectivity index (χ4n) is 8.41. The SMILES string of the molecule is CCOC(=O)C1=C(C(=O)OCC)N(c2ccccc2)[C@@H](c2ccccc2)N(c2ccccc2)C1.CCOC(=O)C1=C(C(=O)OCC)N(c2ccccc2)[C@@H](c2ccccc2)N(c2ccccc2)C1. The summed E-state index contributed by atoms with van der Waals surface area (Å²) in [6, 6.07) is 58.8. The first kappa shape index (κ1) is 47.8. The summed E-state index contributed by atoms with van der Waals surface area (Å²) in [7, 11) is 0. The Hall–Kier alpha value is -8.12. The van der Waals surface area contributed by atoms with Gasteiger partial charge < -0.3 is 38.5 Å². The van der Waals surface area contributed by atoms with Gasteiger partial charge in [0.25, 0.3) is 0 Å². The van der Waals surface area contributed by atoms with Gasteiger partial charge in [0.05, 0.1) is 50.7 Å². The van der Waals surface area contributed by atoms with Gasteiger partial charge in [-0.05, 0) is 87.4 Å². The summed E-state index contributed by atoms with van der Waals surface area (Å²) >= 11 is 0. The summed E-state index contributed by atoms with van der Waals surface area (Å²) in [5.41, 5.74) is 6.24. The summed E-state index contributed by atoms with van der Waals surface area (Å²) in [5.74, 6) is -2.16. The molecule has 0 saturated carbocycles. The number of ether oxygens (including phenoxy) is 4. The molecule has 0 spiro atoms. The van der Waals surface area contributed by atoms with Gasteiger partial charge in [0, 0.05) is 22.7 Å². The number of benzene rings is 6. The standard InChI is InChI=1S/2C28H28N2O4/c2*1-3-33-27(31)24-20-29(22-16-10-6-11-17-22)26(21-14-8-5-9-15-21)30(23-18-12-7-13-19-23)25(24)28(32)34-4-2/h2*5-19,26H,3-4,20H2,1-2H3/t2*26-/m00/s1. The molecule has 8 rings (SSSR count). The van der Waals surface area contributed by atoms with Gasteiger partial charge in [0.2, 0.25) is 0 Å². The Morgan fingerprint density at radius 2 is 0.618 bits per heavy atom. The molecule has 0 N–H and O–H groups in total. The van der Waals surface area contributed by atoms with E-state index >= 15 is 0 Å². The number of para-hydroxylation sites is 4. The molecule has 12 nitrogen and oxygen atoms in total. The van der Waals surface area contributed by atoms with Crippen molar-refractivity contribution in [1.82, 2.24) is 0 Å². The fraction of sp³-hybridized carbons (Fsp3) is 0.214. The maximum atomic E-state index is 13.4. The van der Waals surface area contributed by atoms with Gasteiger partial charge in [-0.3, -0.25) is 0 Å². The molecule has 2 aliphatic rings. The van der Waals surface area contributed by atoms with Crippen molar-refractivity contribution in [1.29, 1.82) is 0 Å². The van der Waals surface area contributed by atoms with Crippen LogP contribution in [0.1, 0.15) is 51.2 Å². The van der Waals surface area contributed by atoms with E-state index in [9.17, 15) is 19.2 Å². The molecule has 0 saturated heterocycles. The van der Waals surface area contributed by atoms with Crippen LogP contribution in [0.25, 0.3) is 0 Å². The first-order valence-corrected chi connectivity index (χ1v) is 22.9. The van der Waals surface area contributed by atoms with E-state index in [4.69, 9.17) is 18.9 Å². The second-order valence-corrected chi connectivity index (χ2v) is 15.4. The quantitative estimate of drug-likeness (QED) is 0.0765. The molecule has 68 heavy (non-hydrogen) atoms. The Kier molecular flexibility index (Phi) is 16.4. The van der Waals surface area contributed by atoms with Crippen molar-refractivity contribution in [3.8, 4) is 0 Å². The molecule has 348 valence electrons. The summed E-state index contributed by atoms with van der Waals surface area (Å²) < 4.78 is 21.7. The highest BCUT2D eigenvalue weighted by Gasteiger charge is 2.44. The highest BCUT2D eigenvalue weighted by atomic mass is 16.5. The molecule has 2 aliphatic heterocycles. The van der Waals surface area contributed by atoms with Crippen molar-refractivity contribution < 1.29 is 38.1 Å². The molecule has 0 fully saturated rings. The number of anilines is 4. The molecule has 0 amide bonds. The molecule has 0 aliphatic carbocycles. The maximum Gasteiger partial charge on any atom is 0.355 e. The van der Waals surface area contributed by atoms with Crippen LogP contribution in [-0.4, -0.2) is 63.4 Å². The van der Waals surface area contributed by atoms with Crippen molar-refractivity contribution in [3.63, 3.8) is 0 Å². The smallest absolute Gasteiger partial charge is 0.355 e. The van der Waals surface area contributed by atoms with Crippen molar-refractivity contribution >= 4 is 46.6 Å². The molecule has 0 radical (unpaired) electrons. The first-order chi connectivity index (χ1) is 33.3. The lowest BCUT2D eigenvalue weighted by molar-refractivity contribution is -0.142. The lowest BCUT2D eigenvalue weighted by Crippen LogP contribution is -2.50. The number of carbonyl (C=O) groups is 4. The minimum absolute atomic E-state index is 0.194. The maximum absolute atomic E-state index is 13.4. The van der Waals surface area contributed by atoms with Crippen LogP contribution in [0.2, 0.25) is 0 Å². The summed E-state index contributed by atoms with van der Waals surface area (Å²) in [4.78, 5) is 61.1. The Morgan fingerprint density at radius 1 is 0.368 bits per heavy atom. The minimum Gasteiger partial charge on any atom is -0.463 e. The van der Waals surface area contributed by atoms with Crippen LogP contribution < -0.4 is 19.6 Å². The predicted octanol–water partition coefficient (Wildman–Crippen LogP) is 10.2. The van der Waals surface area contributed by atoms with Crippen LogP contribution in [0.4, 0.5) is 22.7 Å². The Balaban J connectivity index is 0.000000201. The van der Waals surface area contributed by atoms with Crippen LogP contribution in [0.15, 0.2) is 205 Å². The summed E-state index contributed by atoms with van der Waals surface area (Å²) in [6.45, 7) is 8.20. The highest BCUT2D eigenvalue weighted by Crippen LogP contribution is 2.43. The number of rotatable bonds is 14. The van der Waals surface area contributed by atoms with Gasteiger partial charge in [-0.1, -0.05) is 133 Å². The third-order valence-electron chi connectivity index (χ3n) is 11.2. The Labute approximate surface area is 398 Å². The van der Waals surface area contributed by atoms with Gasteiger partial charge >= 0.3 is 23.9 Å². The molecule has 0 aromatic heterocycles. The largest absolute Gasteiger partial charge is 0.463 e. The van der Waals surface area contributed by atoms with Crippen LogP contribution in [0, 0.1) is 0 Å². The summed E-state index contributed by atoms with van der Waals surface area (Å²) in [5, 5.41) is 0. The number of nitrogens with zero attached hydrogens (tertiary/aromatic N) is 4. The molecule has 0 bridgehead atoms. The first-order valence-electron chi connectivity index (χ1n) is 22.9. The van der Waals surface area contributed by atoms with Crippen LogP contribution in [0.3, 0.4) is 0 Å². The zero-order valence-electron chi connectivity index (χ0n) is 38.8. The molecular formula is C56H56N4O8. The monoisotopic (exact) mass is 912 g/mol. The molecule has 12 heteroatoms. The second kappa shape index (κ2) is 23.4. The van der Waals surface area contributed by atoms with Crippen molar-refractivity contribution in [2.75, 3.05) is 59.1 Å². The van der Waals surface area contributed by atoms with Gasteiger partial charge in [-0.25, -0.2) is 19.2 Å². The van der Waals surface area contributed by atoms with E-state index in [0.29, 0.717) is 0 Å². The normalized spacial score (nSPS) is 15.8. The lowest BCUT2D eigenvalue weighted by Gasteiger charge is -2.47. The molecule has 6 aromatic carbocycles. The molecule has 0 unspecified atom stereocenters. The van der Waals surface area contributed by atoms with E-state index in [1.165, 1.54) is 0 Å².